The minimum atomic E-state index is -1.00. The van der Waals surface area contributed by atoms with E-state index in [0.29, 0.717) is 30.1 Å². The number of H-pyrrole nitrogens is 1. The van der Waals surface area contributed by atoms with Crippen molar-refractivity contribution in [3.8, 4) is 5.75 Å². The van der Waals surface area contributed by atoms with Crippen LogP contribution in [0.2, 0.25) is 5.02 Å². The Morgan fingerprint density at radius 3 is 2.90 bits per heavy atom. The number of carboxylic acid groups (broad SMARTS) is 1. The summed E-state index contributed by atoms with van der Waals surface area (Å²) < 4.78 is 5.35. The standard InChI is InChI=1S/C24H27ClN2O4/c1-31-18-7-4-6-15(11-18)24(30)10-3-2-5-16(24)13-26-14-20-19-12-17(25)8-9-21(19)27-22(20)23(28)29/h4,6-9,11-12,16,26-27,30H,2-3,5,10,13-14H2,1H3,(H,28,29). The fourth-order valence-corrected chi connectivity index (χ4v) is 4.90. The average molecular weight is 443 g/mol. The van der Waals surface area contributed by atoms with Crippen molar-refractivity contribution in [1.29, 1.82) is 0 Å². The van der Waals surface area contributed by atoms with Crippen LogP contribution in [0.5, 0.6) is 5.75 Å². The largest absolute Gasteiger partial charge is 0.497 e. The van der Waals surface area contributed by atoms with Crippen molar-refractivity contribution < 1.29 is 19.7 Å². The van der Waals surface area contributed by atoms with Gasteiger partial charge >= 0.3 is 5.97 Å². The second-order valence-corrected chi connectivity index (χ2v) is 8.64. The topological polar surface area (TPSA) is 94.6 Å². The number of benzene rings is 2. The van der Waals surface area contributed by atoms with Gasteiger partial charge in [-0.2, -0.15) is 0 Å². The molecule has 1 aromatic heterocycles. The second-order valence-electron chi connectivity index (χ2n) is 8.20. The Kier molecular flexibility index (Phi) is 6.23. The van der Waals surface area contributed by atoms with Crippen LogP contribution >= 0.6 is 11.6 Å². The molecular formula is C24H27ClN2O4. The fraction of sp³-hybridized carbons (Fsp3) is 0.375. The van der Waals surface area contributed by atoms with Gasteiger partial charge in [-0.3, -0.25) is 0 Å². The molecule has 0 spiro atoms. The monoisotopic (exact) mass is 442 g/mol. The molecule has 2 unspecified atom stereocenters. The number of nitrogens with one attached hydrogen (secondary N) is 2. The Balaban J connectivity index is 1.55. The van der Waals surface area contributed by atoms with Crippen LogP contribution in [-0.2, 0) is 12.1 Å². The minimum Gasteiger partial charge on any atom is -0.497 e. The number of aliphatic hydroxyl groups is 1. The summed E-state index contributed by atoms with van der Waals surface area (Å²) in [5, 5.41) is 26.0. The van der Waals surface area contributed by atoms with Crippen molar-refractivity contribution in [2.24, 2.45) is 5.92 Å². The van der Waals surface area contributed by atoms with Crippen LogP contribution in [0.15, 0.2) is 42.5 Å². The van der Waals surface area contributed by atoms with E-state index in [-0.39, 0.29) is 11.6 Å². The smallest absolute Gasteiger partial charge is 0.352 e. The maximum Gasteiger partial charge on any atom is 0.352 e. The molecule has 1 saturated carbocycles. The molecular weight excluding hydrogens is 416 g/mol. The first kappa shape index (κ1) is 21.7. The number of rotatable bonds is 7. The summed E-state index contributed by atoms with van der Waals surface area (Å²) in [5.41, 5.74) is 1.49. The highest BCUT2D eigenvalue weighted by molar-refractivity contribution is 6.31. The highest BCUT2D eigenvalue weighted by Gasteiger charge is 2.40. The molecule has 0 bridgehead atoms. The van der Waals surface area contributed by atoms with Gasteiger partial charge in [0.1, 0.15) is 11.4 Å². The molecule has 4 rings (SSSR count). The van der Waals surface area contributed by atoms with Crippen LogP contribution in [0.25, 0.3) is 10.9 Å². The summed E-state index contributed by atoms with van der Waals surface area (Å²) in [4.78, 5) is 14.7. The summed E-state index contributed by atoms with van der Waals surface area (Å²) in [6.07, 6.45) is 3.61. The summed E-state index contributed by atoms with van der Waals surface area (Å²) in [7, 11) is 1.62. The number of carboxylic acids is 1. The number of aromatic nitrogens is 1. The predicted molar refractivity (Wildman–Crippen MR) is 121 cm³/mol. The molecule has 164 valence electrons. The van der Waals surface area contributed by atoms with Crippen molar-refractivity contribution in [1.82, 2.24) is 10.3 Å². The fourth-order valence-electron chi connectivity index (χ4n) is 4.73. The summed E-state index contributed by atoms with van der Waals surface area (Å²) in [5.74, 6) is -0.268. The number of ether oxygens (including phenoxy) is 1. The average Bonchev–Trinajstić information content (AvgIpc) is 3.13. The predicted octanol–water partition coefficient (Wildman–Crippen LogP) is 4.70. The SMILES string of the molecule is COc1cccc(C2(O)CCCCC2CNCc2c(C(=O)O)[nH]c3ccc(Cl)cc23)c1. The lowest BCUT2D eigenvalue weighted by Gasteiger charge is -2.41. The zero-order chi connectivity index (χ0) is 22.0. The molecule has 0 radical (unpaired) electrons. The van der Waals surface area contributed by atoms with Gasteiger partial charge in [0.2, 0.25) is 0 Å². The Morgan fingerprint density at radius 1 is 1.29 bits per heavy atom. The first-order valence-corrected chi connectivity index (χ1v) is 10.9. The van der Waals surface area contributed by atoms with E-state index >= 15 is 0 Å². The van der Waals surface area contributed by atoms with E-state index < -0.39 is 11.6 Å². The molecule has 4 N–H and O–H groups in total. The number of aromatic amines is 1. The number of carbonyl (C=O) groups is 1. The minimum absolute atomic E-state index is 0.00966. The number of hydrogen-bond acceptors (Lipinski definition) is 4. The normalized spacial score (nSPS) is 21.3. The van der Waals surface area contributed by atoms with Crippen LogP contribution in [0.1, 0.15) is 47.3 Å². The first-order chi connectivity index (χ1) is 14.9. The quantitative estimate of drug-likeness (QED) is 0.425. The van der Waals surface area contributed by atoms with E-state index in [9.17, 15) is 15.0 Å². The molecule has 6 nitrogen and oxygen atoms in total. The third-order valence-electron chi connectivity index (χ3n) is 6.38. The van der Waals surface area contributed by atoms with E-state index in [0.717, 1.165) is 41.5 Å². The lowest BCUT2D eigenvalue weighted by atomic mass is 9.71. The second kappa shape index (κ2) is 8.91. The molecule has 3 aromatic rings. The van der Waals surface area contributed by atoms with Crippen molar-refractivity contribution in [2.75, 3.05) is 13.7 Å². The van der Waals surface area contributed by atoms with E-state index in [4.69, 9.17) is 16.3 Å². The molecule has 1 fully saturated rings. The third-order valence-corrected chi connectivity index (χ3v) is 6.62. The molecule has 0 aliphatic heterocycles. The molecule has 7 heteroatoms. The molecule has 1 heterocycles. The number of halogens is 1. The number of fused-ring (bicyclic) bond motifs is 1. The first-order valence-electron chi connectivity index (χ1n) is 10.5. The zero-order valence-electron chi connectivity index (χ0n) is 17.5. The van der Waals surface area contributed by atoms with Crippen molar-refractivity contribution in [3.05, 3.63) is 64.3 Å². The number of methoxy groups -OCH3 is 1. The van der Waals surface area contributed by atoms with Gasteiger partial charge < -0.3 is 25.3 Å². The van der Waals surface area contributed by atoms with E-state index in [1.165, 1.54) is 0 Å². The van der Waals surface area contributed by atoms with Gasteiger partial charge in [-0.25, -0.2) is 4.79 Å². The zero-order valence-corrected chi connectivity index (χ0v) is 18.2. The van der Waals surface area contributed by atoms with Gasteiger partial charge in [-0.1, -0.05) is 36.6 Å². The van der Waals surface area contributed by atoms with E-state index in [2.05, 4.69) is 10.3 Å². The van der Waals surface area contributed by atoms with E-state index in [1.807, 2.05) is 24.3 Å². The van der Waals surface area contributed by atoms with Gasteiger partial charge in [-0.15, -0.1) is 0 Å². The van der Waals surface area contributed by atoms with Crippen LogP contribution in [0, 0.1) is 5.92 Å². The molecule has 2 aromatic carbocycles. The van der Waals surface area contributed by atoms with Gasteiger partial charge in [0.05, 0.1) is 12.7 Å². The highest BCUT2D eigenvalue weighted by Crippen LogP contribution is 2.42. The number of aromatic carboxylic acids is 1. The summed E-state index contributed by atoms with van der Waals surface area (Å²) >= 11 is 6.14. The summed E-state index contributed by atoms with van der Waals surface area (Å²) in [6, 6.07) is 12.9. The van der Waals surface area contributed by atoms with Crippen molar-refractivity contribution in [2.45, 2.75) is 37.8 Å². The molecule has 0 saturated heterocycles. The third kappa shape index (κ3) is 4.28. The molecule has 1 aliphatic rings. The maximum absolute atomic E-state index is 11.7. The Bertz CT molecular complexity index is 1100. The maximum atomic E-state index is 11.7. The van der Waals surface area contributed by atoms with Crippen LogP contribution < -0.4 is 10.1 Å². The molecule has 2 atom stereocenters. The van der Waals surface area contributed by atoms with Gasteiger partial charge in [0, 0.05) is 40.5 Å². The lowest BCUT2D eigenvalue weighted by molar-refractivity contribution is -0.0538. The van der Waals surface area contributed by atoms with Crippen molar-refractivity contribution in [3.63, 3.8) is 0 Å². The Labute approximate surface area is 186 Å². The molecule has 31 heavy (non-hydrogen) atoms. The van der Waals surface area contributed by atoms with Gasteiger partial charge in [-0.05, 0) is 48.7 Å². The Morgan fingerprint density at radius 2 is 2.13 bits per heavy atom. The summed E-state index contributed by atoms with van der Waals surface area (Å²) in [6.45, 7) is 0.937. The Hall–Kier alpha value is -2.54. The van der Waals surface area contributed by atoms with Gasteiger partial charge in [0.25, 0.3) is 0 Å². The van der Waals surface area contributed by atoms with Crippen LogP contribution in [-0.4, -0.2) is 34.8 Å². The van der Waals surface area contributed by atoms with Crippen LogP contribution in [0.4, 0.5) is 0 Å². The highest BCUT2D eigenvalue weighted by atomic mass is 35.5. The molecule has 0 amide bonds. The van der Waals surface area contributed by atoms with E-state index in [1.54, 1.807) is 25.3 Å². The molecule has 1 aliphatic carbocycles. The van der Waals surface area contributed by atoms with Crippen LogP contribution in [0.3, 0.4) is 0 Å². The number of hydrogen-bond donors (Lipinski definition) is 4. The van der Waals surface area contributed by atoms with Crippen molar-refractivity contribution >= 4 is 28.5 Å². The van der Waals surface area contributed by atoms with Gasteiger partial charge in [0.15, 0.2) is 0 Å². The lowest BCUT2D eigenvalue weighted by Crippen LogP contribution is -2.43.